The summed E-state index contributed by atoms with van der Waals surface area (Å²) in [4.78, 5) is 27.9. The summed E-state index contributed by atoms with van der Waals surface area (Å²) < 4.78 is 13.8. The van der Waals surface area contributed by atoms with E-state index in [0.717, 1.165) is 55.4 Å². The van der Waals surface area contributed by atoms with Crippen LogP contribution in [-0.4, -0.2) is 64.1 Å². The summed E-state index contributed by atoms with van der Waals surface area (Å²) in [5, 5.41) is 3.97. The number of benzene rings is 1. The first-order valence-corrected chi connectivity index (χ1v) is 12.6. The molecule has 1 aromatic carbocycles. The Labute approximate surface area is 202 Å². The van der Waals surface area contributed by atoms with E-state index in [1.807, 2.05) is 41.1 Å². The zero-order chi connectivity index (χ0) is 22.8. The molecule has 3 fully saturated rings. The lowest BCUT2D eigenvalue weighted by atomic mass is 10.1. The highest BCUT2D eigenvalue weighted by atomic mass is 32.2. The van der Waals surface area contributed by atoms with E-state index < -0.39 is 0 Å². The van der Waals surface area contributed by atoms with Crippen LogP contribution in [0.5, 0.6) is 0 Å². The Morgan fingerprint density at radius 2 is 1.94 bits per heavy atom. The first kappa shape index (κ1) is 22.6. The molecule has 5 rings (SSSR count). The second-order valence-corrected chi connectivity index (χ2v) is 10.3. The third-order valence-corrected chi connectivity index (χ3v) is 7.63. The van der Waals surface area contributed by atoms with E-state index in [1.165, 1.54) is 11.8 Å². The molecular formula is C24H27N3O4S2. The molecule has 0 aliphatic carbocycles. The number of nitrogens with zero attached hydrogens (tertiary/aromatic N) is 2. The number of para-hydroxylation sites is 1. The number of carbonyl (C=O) groups is 2. The Kier molecular flexibility index (Phi) is 6.82. The summed E-state index contributed by atoms with van der Waals surface area (Å²) in [7, 11) is 0. The largest absolute Gasteiger partial charge is 0.376 e. The Morgan fingerprint density at radius 1 is 1.18 bits per heavy atom. The molecule has 3 saturated heterocycles. The van der Waals surface area contributed by atoms with Gasteiger partial charge in [0.25, 0.3) is 5.91 Å². The smallest absolute Gasteiger partial charge is 0.266 e. The molecule has 0 radical (unpaired) electrons. The number of thioether (sulfide) groups is 1. The van der Waals surface area contributed by atoms with Gasteiger partial charge in [-0.15, -0.1) is 0 Å². The monoisotopic (exact) mass is 485 g/mol. The highest BCUT2D eigenvalue weighted by Crippen LogP contribution is 2.35. The number of hydrogen-bond acceptors (Lipinski definition) is 6. The molecule has 3 aliphatic heterocycles. The maximum atomic E-state index is 13.1. The van der Waals surface area contributed by atoms with Gasteiger partial charge in [-0.3, -0.25) is 14.5 Å². The molecule has 33 heavy (non-hydrogen) atoms. The molecule has 4 heterocycles. The van der Waals surface area contributed by atoms with E-state index >= 15 is 0 Å². The maximum absolute atomic E-state index is 13.1. The topological polar surface area (TPSA) is 72.8 Å². The summed E-state index contributed by atoms with van der Waals surface area (Å²) in [5.74, 6) is -0.132. The van der Waals surface area contributed by atoms with Crippen molar-refractivity contribution in [3.8, 4) is 0 Å². The third kappa shape index (κ3) is 5.01. The van der Waals surface area contributed by atoms with Gasteiger partial charge in [0.15, 0.2) is 0 Å². The number of hydrogen-bond donors (Lipinski definition) is 1. The van der Waals surface area contributed by atoms with Crippen LogP contribution in [-0.2, 0) is 25.6 Å². The van der Waals surface area contributed by atoms with Crippen LogP contribution in [0.1, 0.15) is 31.2 Å². The van der Waals surface area contributed by atoms with Crippen molar-refractivity contribution in [2.45, 2.75) is 44.4 Å². The van der Waals surface area contributed by atoms with Gasteiger partial charge in [0, 0.05) is 42.4 Å². The van der Waals surface area contributed by atoms with E-state index in [4.69, 9.17) is 21.7 Å². The predicted molar refractivity (Wildman–Crippen MR) is 133 cm³/mol. The van der Waals surface area contributed by atoms with Crippen molar-refractivity contribution < 1.29 is 19.1 Å². The molecule has 174 valence electrons. The number of fused-ring (bicyclic) bond motifs is 1. The summed E-state index contributed by atoms with van der Waals surface area (Å²) >= 11 is 6.81. The minimum absolute atomic E-state index is 0.0549. The van der Waals surface area contributed by atoms with Gasteiger partial charge >= 0.3 is 0 Å². The molecule has 9 heteroatoms. The first-order chi connectivity index (χ1) is 16.1. The first-order valence-electron chi connectivity index (χ1n) is 11.4. The molecule has 7 nitrogen and oxygen atoms in total. The van der Waals surface area contributed by atoms with Crippen LogP contribution in [0.15, 0.2) is 35.4 Å². The summed E-state index contributed by atoms with van der Waals surface area (Å²) in [5.41, 5.74) is 1.85. The zero-order valence-electron chi connectivity index (χ0n) is 18.3. The molecule has 3 aliphatic rings. The number of carbonyl (C=O) groups excluding carboxylic acids is 2. The number of thiocarbonyl (C=S) groups is 1. The summed E-state index contributed by atoms with van der Waals surface area (Å²) in [6, 6.07) is 7.91. The van der Waals surface area contributed by atoms with Gasteiger partial charge in [-0.25, -0.2) is 0 Å². The zero-order valence-corrected chi connectivity index (χ0v) is 20.0. The third-order valence-electron chi connectivity index (χ3n) is 6.25. The molecule has 0 bridgehead atoms. The van der Waals surface area contributed by atoms with Crippen molar-refractivity contribution in [2.75, 3.05) is 26.3 Å². The number of nitrogens with one attached hydrogen (secondary N) is 1. The number of aromatic nitrogens is 1. The maximum Gasteiger partial charge on any atom is 0.266 e. The highest BCUT2D eigenvalue weighted by Gasteiger charge is 2.34. The van der Waals surface area contributed by atoms with Gasteiger partial charge in [0.1, 0.15) is 10.9 Å². The molecule has 0 spiro atoms. The van der Waals surface area contributed by atoms with Crippen LogP contribution < -0.4 is 5.32 Å². The van der Waals surface area contributed by atoms with Gasteiger partial charge in [0.05, 0.1) is 23.7 Å². The van der Waals surface area contributed by atoms with Crippen molar-refractivity contribution in [2.24, 2.45) is 0 Å². The fourth-order valence-corrected chi connectivity index (χ4v) is 5.82. The lowest BCUT2D eigenvalue weighted by Crippen LogP contribution is -2.35. The minimum atomic E-state index is -0.0772. The Bertz CT molecular complexity index is 1100. The van der Waals surface area contributed by atoms with E-state index in [9.17, 15) is 9.59 Å². The van der Waals surface area contributed by atoms with Crippen molar-refractivity contribution in [1.82, 2.24) is 14.8 Å². The van der Waals surface area contributed by atoms with E-state index in [2.05, 4.69) is 5.32 Å². The predicted octanol–water partition coefficient (Wildman–Crippen LogP) is 3.32. The highest BCUT2D eigenvalue weighted by molar-refractivity contribution is 8.26. The van der Waals surface area contributed by atoms with Crippen molar-refractivity contribution in [1.29, 1.82) is 0 Å². The lowest BCUT2D eigenvalue weighted by molar-refractivity contribution is -0.123. The number of ether oxygens (including phenoxy) is 2. The molecule has 1 aromatic heterocycles. The molecule has 0 saturated carbocycles. The van der Waals surface area contributed by atoms with Gasteiger partial charge in [-0.05, 0) is 37.8 Å². The Hall–Kier alpha value is -2.20. The standard InChI is InChI=1S/C24H27N3O4S2/c28-22(25-12-17-5-3-9-30-17)15-26-13-16(19-7-1-2-8-20(19)26)11-21-23(29)27(24(32)33-21)14-18-6-4-10-31-18/h1-2,7-8,11,13,17-18H,3-6,9-10,12,14-15H2,(H,25,28)/b21-11-/t17-,18-/m0/s1. The molecule has 2 amide bonds. The SMILES string of the molecule is O=C(Cn1cc(/C=C2\SC(=S)N(C[C@@H]3CCCO3)C2=O)c2ccccc21)NC[C@@H]1CCCO1. The van der Waals surface area contributed by atoms with Crippen molar-refractivity contribution in [3.05, 3.63) is 40.9 Å². The molecule has 2 aromatic rings. The van der Waals surface area contributed by atoms with Crippen LogP contribution >= 0.6 is 24.0 Å². The van der Waals surface area contributed by atoms with Gasteiger partial charge < -0.3 is 19.4 Å². The quantitative estimate of drug-likeness (QED) is 0.479. The normalized spacial score (nSPS) is 24.5. The minimum Gasteiger partial charge on any atom is -0.376 e. The van der Waals surface area contributed by atoms with Gasteiger partial charge in [0.2, 0.25) is 5.91 Å². The number of amides is 2. The fraction of sp³-hybridized carbons (Fsp3) is 0.458. The Morgan fingerprint density at radius 3 is 2.70 bits per heavy atom. The number of rotatable bonds is 7. The molecule has 0 unspecified atom stereocenters. The van der Waals surface area contributed by atoms with E-state index in [-0.39, 0.29) is 30.6 Å². The molecule has 1 N–H and O–H groups in total. The van der Waals surface area contributed by atoms with Crippen LogP contribution in [0.4, 0.5) is 0 Å². The van der Waals surface area contributed by atoms with E-state index in [1.54, 1.807) is 4.90 Å². The second kappa shape index (κ2) is 9.97. The van der Waals surface area contributed by atoms with Gasteiger partial charge in [-0.2, -0.15) is 0 Å². The fourth-order valence-electron chi connectivity index (χ4n) is 4.56. The average Bonchev–Trinajstić information content (AvgIpc) is 3.61. The Balaban J connectivity index is 1.33. The molecular weight excluding hydrogens is 458 g/mol. The summed E-state index contributed by atoms with van der Waals surface area (Å²) in [6.45, 7) is 2.77. The van der Waals surface area contributed by atoms with Crippen LogP contribution in [0.25, 0.3) is 17.0 Å². The summed E-state index contributed by atoms with van der Waals surface area (Å²) in [6.07, 6.45) is 8.01. The lowest BCUT2D eigenvalue weighted by Gasteiger charge is -2.18. The second-order valence-electron chi connectivity index (χ2n) is 8.60. The van der Waals surface area contributed by atoms with Crippen molar-refractivity contribution in [3.63, 3.8) is 0 Å². The van der Waals surface area contributed by atoms with Crippen molar-refractivity contribution >= 4 is 57.1 Å². The van der Waals surface area contributed by atoms with Crippen LogP contribution in [0.2, 0.25) is 0 Å². The van der Waals surface area contributed by atoms with Crippen LogP contribution in [0, 0.1) is 0 Å². The molecule has 2 atom stereocenters. The van der Waals surface area contributed by atoms with Gasteiger partial charge in [-0.1, -0.05) is 42.2 Å². The average molecular weight is 486 g/mol. The van der Waals surface area contributed by atoms with Crippen LogP contribution in [0.3, 0.4) is 0 Å². The van der Waals surface area contributed by atoms with E-state index in [0.29, 0.717) is 22.3 Å².